The number of likely N-dealkylation sites (tertiary alicyclic amines) is 1. The molecule has 1 heterocycles. The Balaban J connectivity index is 1.63. The first kappa shape index (κ1) is 11.8. The fourth-order valence-corrected chi connectivity index (χ4v) is 3.39. The molecule has 2 fully saturated rings. The number of benzene rings is 1. The molecule has 0 N–H and O–H groups in total. The number of hydrogen-bond donors (Lipinski definition) is 0. The zero-order chi connectivity index (χ0) is 12.4. The molecule has 1 saturated carbocycles. The Hall–Kier alpha value is -1.31. The van der Waals surface area contributed by atoms with Crippen LogP contribution in [0.4, 0.5) is 0 Å². The van der Waals surface area contributed by atoms with Crippen LogP contribution in [-0.4, -0.2) is 23.9 Å². The van der Waals surface area contributed by atoms with Crippen molar-refractivity contribution in [2.24, 2.45) is 5.92 Å². The van der Waals surface area contributed by atoms with Gasteiger partial charge in [-0.1, -0.05) is 43.2 Å². The van der Waals surface area contributed by atoms with Gasteiger partial charge in [-0.25, -0.2) is 0 Å². The first-order valence-corrected chi connectivity index (χ1v) is 7.18. The summed E-state index contributed by atoms with van der Waals surface area (Å²) in [4.78, 5) is 14.5. The quantitative estimate of drug-likeness (QED) is 0.781. The number of nitrogens with zero attached hydrogens (tertiary/aromatic N) is 1. The highest BCUT2D eigenvalue weighted by atomic mass is 16.2. The maximum Gasteiger partial charge on any atom is 0.225 e. The van der Waals surface area contributed by atoms with Crippen molar-refractivity contribution in [2.45, 2.75) is 38.0 Å². The van der Waals surface area contributed by atoms with Crippen LogP contribution in [0.15, 0.2) is 30.3 Å². The summed E-state index contributed by atoms with van der Waals surface area (Å²) in [6.45, 7) is 1.88. The van der Waals surface area contributed by atoms with Gasteiger partial charge in [0, 0.05) is 24.9 Å². The van der Waals surface area contributed by atoms with E-state index < -0.39 is 0 Å². The van der Waals surface area contributed by atoms with E-state index in [-0.39, 0.29) is 0 Å². The molecule has 2 aliphatic rings. The van der Waals surface area contributed by atoms with Crippen molar-refractivity contribution >= 4 is 5.91 Å². The number of carbonyl (C=O) groups excluding carboxylic acids is 1. The summed E-state index contributed by atoms with van der Waals surface area (Å²) in [5.41, 5.74) is 1.39. The van der Waals surface area contributed by atoms with E-state index >= 15 is 0 Å². The molecule has 1 aromatic carbocycles. The highest BCUT2D eigenvalue weighted by Gasteiger charge is 2.32. The Bertz CT molecular complexity index is 408. The van der Waals surface area contributed by atoms with Gasteiger partial charge in [-0.05, 0) is 24.8 Å². The summed E-state index contributed by atoms with van der Waals surface area (Å²) in [6.07, 6.45) is 5.85. The van der Waals surface area contributed by atoms with E-state index in [1.54, 1.807) is 0 Å². The average Bonchev–Trinajstić information content (AvgIpc) is 3.10. The van der Waals surface area contributed by atoms with Crippen molar-refractivity contribution in [3.63, 3.8) is 0 Å². The average molecular weight is 243 g/mol. The van der Waals surface area contributed by atoms with Gasteiger partial charge in [-0.15, -0.1) is 0 Å². The van der Waals surface area contributed by atoms with Gasteiger partial charge in [0.05, 0.1) is 0 Å². The maximum absolute atomic E-state index is 12.4. The fraction of sp³-hybridized carbons (Fsp3) is 0.562. The Kier molecular flexibility index (Phi) is 3.35. The molecular weight excluding hydrogens is 222 g/mol. The van der Waals surface area contributed by atoms with Crippen LogP contribution in [0.25, 0.3) is 0 Å². The van der Waals surface area contributed by atoms with Crippen LogP contribution < -0.4 is 0 Å². The number of hydrogen-bond acceptors (Lipinski definition) is 1. The van der Waals surface area contributed by atoms with Crippen molar-refractivity contribution in [1.82, 2.24) is 4.90 Å². The van der Waals surface area contributed by atoms with Gasteiger partial charge in [0.25, 0.3) is 0 Å². The van der Waals surface area contributed by atoms with Crippen molar-refractivity contribution in [1.29, 1.82) is 0 Å². The van der Waals surface area contributed by atoms with Gasteiger partial charge >= 0.3 is 0 Å². The second-order valence-corrected chi connectivity index (χ2v) is 5.66. The summed E-state index contributed by atoms with van der Waals surface area (Å²) in [7, 11) is 0. The van der Waals surface area contributed by atoms with Crippen molar-refractivity contribution < 1.29 is 4.79 Å². The van der Waals surface area contributed by atoms with Crippen molar-refractivity contribution in [3.8, 4) is 0 Å². The van der Waals surface area contributed by atoms with E-state index in [0.29, 0.717) is 17.7 Å². The first-order valence-electron chi connectivity index (χ1n) is 7.18. The van der Waals surface area contributed by atoms with Gasteiger partial charge in [0.15, 0.2) is 0 Å². The molecule has 2 nitrogen and oxygen atoms in total. The molecule has 1 aliphatic carbocycles. The lowest BCUT2D eigenvalue weighted by atomic mass is 9.99. The van der Waals surface area contributed by atoms with Crippen LogP contribution in [0.1, 0.15) is 43.6 Å². The molecule has 0 aromatic heterocycles. The van der Waals surface area contributed by atoms with Crippen LogP contribution in [0.5, 0.6) is 0 Å². The zero-order valence-electron chi connectivity index (χ0n) is 10.8. The van der Waals surface area contributed by atoms with E-state index in [1.165, 1.54) is 18.4 Å². The van der Waals surface area contributed by atoms with Crippen molar-refractivity contribution in [3.05, 3.63) is 35.9 Å². The predicted octanol–water partition coefficient (Wildman–Crippen LogP) is 3.19. The van der Waals surface area contributed by atoms with Gasteiger partial charge in [-0.3, -0.25) is 4.79 Å². The van der Waals surface area contributed by atoms with E-state index in [9.17, 15) is 4.79 Å². The van der Waals surface area contributed by atoms with Crippen LogP contribution in [0, 0.1) is 5.92 Å². The zero-order valence-corrected chi connectivity index (χ0v) is 10.8. The summed E-state index contributed by atoms with van der Waals surface area (Å²) in [5, 5.41) is 0. The third-order valence-corrected chi connectivity index (χ3v) is 4.48. The second-order valence-electron chi connectivity index (χ2n) is 5.66. The second kappa shape index (κ2) is 5.13. The molecule has 18 heavy (non-hydrogen) atoms. The predicted molar refractivity (Wildman–Crippen MR) is 72.3 cm³/mol. The van der Waals surface area contributed by atoms with Gasteiger partial charge in [0.2, 0.25) is 5.91 Å². The summed E-state index contributed by atoms with van der Waals surface area (Å²) < 4.78 is 0. The molecule has 1 aromatic rings. The van der Waals surface area contributed by atoms with Crippen LogP contribution in [0.2, 0.25) is 0 Å². The minimum Gasteiger partial charge on any atom is -0.342 e. The lowest BCUT2D eigenvalue weighted by Gasteiger charge is -2.20. The Morgan fingerprint density at radius 3 is 2.50 bits per heavy atom. The fourth-order valence-electron chi connectivity index (χ4n) is 3.39. The number of carbonyl (C=O) groups is 1. The van der Waals surface area contributed by atoms with E-state index in [4.69, 9.17) is 0 Å². The van der Waals surface area contributed by atoms with E-state index in [0.717, 1.165) is 32.4 Å². The van der Waals surface area contributed by atoms with Crippen LogP contribution in [-0.2, 0) is 4.79 Å². The molecule has 0 bridgehead atoms. The van der Waals surface area contributed by atoms with Gasteiger partial charge in [0.1, 0.15) is 0 Å². The normalized spacial score (nSPS) is 24.7. The monoisotopic (exact) mass is 243 g/mol. The van der Waals surface area contributed by atoms with Gasteiger partial charge in [-0.2, -0.15) is 0 Å². The molecule has 0 radical (unpaired) electrons. The molecule has 1 amide bonds. The molecule has 96 valence electrons. The Morgan fingerprint density at radius 1 is 1.06 bits per heavy atom. The topological polar surface area (TPSA) is 20.3 Å². The molecule has 0 spiro atoms. The first-order chi connectivity index (χ1) is 8.84. The molecule has 1 aliphatic heterocycles. The smallest absolute Gasteiger partial charge is 0.225 e. The third kappa shape index (κ3) is 2.29. The highest BCUT2D eigenvalue weighted by Crippen LogP contribution is 2.31. The van der Waals surface area contributed by atoms with Crippen molar-refractivity contribution in [2.75, 3.05) is 13.1 Å². The third-order valence-electron chi connectivity index (χ3n) is 4.48. The number of rotatable bonds is 2. The minimum atomic E-state index is 0.333. The lowest BCUT2D eigenvalue weighted by Crippen LogP contribution is -2.33. The molecule has 1 atom stereocenters. The molecular formula is C16H21NO. The Morgan fingerprint density at radius 2 is 1.78 bits per heavy atom. The largest absolute Gasteiger partial charge is 0.342 e. The number of amides is 1. The summed E-state index contributed by atoms with van der Waals surface area (Å²) in [5.74, 6) is 1.31. The van der Waals surface area contributed by atoms with E-state index in [1.807, 2.05) is 0 Å². The highest BCUT2D eigenvalue weighted by molar-refractivity contribution is 5.79. The van der Waals surface area contributed by atoms with Gasteiger partial charge < -0.3 is 4.90 Å². The lowest BCUT2D eigenvalue weighted by molar-refractivity contribution is -0.134. The van der Waals surface area contributed by atoms with Crippen LogP contribution in [0.3, 0.4) is 0 Å². The SMILES string of the molecule is O=C(C1CCCC1)N1CC[C@@H](c2ccccc2)C1. The van der Waals surface area contributed by atoms with E-state index in [2.05, 4.69) is 35.2 Å². The molecule has 3 rings (SSSR count). The van der Waals surface area contributed by atoms with Crippen LogP contribution >= 0.6 is 0 Å². The Labute approximate surface area is 109 Å². The molecule has 0 unspecified atom stereocenters. The molecule has 1 saturated heterocycles. The maximum atomic E-state index is 12.4. The standard InChI is InChI=1S/C16H21NO/c18-16(14-8-4-5-9-14)17-11-10-15(12-17)13-6-2-1-3-7-13/h1-3,6-7,14-15H,4-5,8-12H2/t15-/m1/s1. The summed E-state index contributed by atoms with van der Waals surface area (Å²) >= 11 is 0. The minimum absolute atomic E-state index is 0.333. The molecule has 2 heteroatoms. The summed E-state index contributed by atoms with van der Waals surface area (Å²) in [6, 6.07) is 10.6.